The van der Waals surface area contributed by atoms with Crippen LogP contribution in [0.1, 0.15) is 49.9 Å². The molecule has 8 nitrogen and oxygen atoms in total. The Balaban J connectivity index is 1.47. The van der Waals surface area contributed by atoms with Crippen molar-refractivity contribution in [2.24, 2.45) is 5.92 Å². The summed E-state index contributed by atoms with van der Waals surface area (Å²) in [7, 11) is 0. The number of anilines is 2. The highest BCUT2D eigenvalue weighted by molar-refractivity contribution is 5.97. The molecule has 4 rings (SSSR count). The number of carbonyl (C=O) groups excluding carboxylic acids is 2. The lowest BCUT2D eigenvalue weighted by atomic mass is 9.96. The number of piperazine rings is 1. The number of fused-ring (bicyclic) bond motifs is 1. The van der Waals surface area contributed by atoms with Crippen molar-refractivity contribution < 1.29 is 14.0 Å². The Hall–Kier alpha value is -3.75. The Morgan fingerprint density at radius 2 is 1.64 bits per heavy atom. The number of aromatic nitrogens is 2. The molecule has 190 valence electrons. The molecule has 1 aliphatic rings. The van der Waals surface area contributed by atoms with E-state index in [-0.39, 0.29) is 22.9 Å². The highest BCUT2D eigenvalue weighted by atomic mass is 19.1. The van der Waals surface area contributed by atoms with Gasteiger partial charge in [-0.15, -0.1) is 0 Å². The number of hydrogen-bond donors (Lipinski definition) is 2. The van der Waals surface area contributed by atoms with E-state index in [4.69, 9.17) is 0 Å². The zero-order valence-electron chi connectivity index (χ0n) is 20.7. The Morgan fingerprint density at radius 1 is 1.00 bits per heavy atom. The second-order valence-electron chi connectivity index (χ2n) is 9.16. The van der Waals surface area contributed by atoms with Gasteiger partial charge in [-0.1, -0.05) is 44.9 Å². The maximum atomic E-state index is 14.7. The molecule has 2 N–H and O–H groups in total. The summed E-state index contributed by atoms with van der Waals surface area (Å²) in [5.74, 6) is -0.449. The normalized spacial score (nSPS) is 13.9. The third-order valence-electron chi connectivity index (χ3n) is 6.66. The van der Waals surface area contributed by atoms with Gasteiger partial charge in [-0.25, -0.2) is 9.49 Å². The number of amides is 2. The molecule has 0 saturated carbocycles. The van der Waals surface area contributed by atoms with Gasteiger partial charge in [-0.05, 0) is 37.1 Å². The van der Waals surface area contributed by atoms with Gasteiger partial charge in [-0.2, -0.15) is 5.10 Å². The number of H-pyrrole nitrogens is 1. The van der Waals surface area contributed by atoms with Crippen LogP contribution >= 0.6 is 0 Å². The van der Waals surface area contributed by atoms with Gasteiger partial charge in [0.05, 0.1) is 10.9 Å². The van der Waals surface area contributed by atoms with Crippen LogP contribution in [0, 0.1) is 11.7 Å². The van der Waals surface area contributed by atoms with Crippen molar-refractivity contribution in [3.8, 4) is 0 Å². The molecule has 0 atom stereocenters. The molecule has 1 fully saturated rings. The van der Waals surface area contributed by atoms with Gasteiger partial charge in [0, 0.05) is 43.2 Å². The third kappa shape index (κ3) is 5.40. The van der Waals surface area contributed by atoms with Crippen molar-refractivity contribution in [2.75, 3.05) is 31.5 Å². The Morgan fingerprint density at radius 3 is 2.31 bits per heavy atom. The molecule has 2 amide bonds. The first kappa shape index (κ1) is 25.3. The first-order valence-electron chi connectivity index (χ1n) is 12.5. The lowest BCUT2D eigenvalue weighted by Gasteiger charge is -2.36. The summed E-state index contributed by atoms with van der Waals surface area (Å²) in [6.45, 7) is 5.78. The number of nitrogens with zero attached hydrogens (tertiary/aromatic N) is 3. The van der Waals surface area contributed by atoms with E-state index < -0.39 is 11.7 Å². The zero-order chi connectivity index (χ0) is 25.7. The predicted octanol–water partition coefficient (Wildman–Crippen LogP) is 4.31. The number of aromatic amines is 1. The molecule has 0 radical (unpaired) electrons. The minimum atomic E-state index is -0.616. The smallest absolute Gasteiger partial charge is 0.272 e. The average Bonchev–Trinajstić information content (AvgIpc) is 2.90. The minimum Gasteiger partial charge on any atom is -0.339 e. The van der Waals surface area contributed by atoms with Crippen molar-refractivity contribution in [3.05, 3.63) is 64.2 Å². The van der Waals surface area contributed by atoms with E-state index in [0.29, 0.717) is 48.5 Å². The number of carbonyl (C=O) groups is 2. The van der Waals surface area contributed by atoms with Crippen LogP contribution in [0.3, 0.4) is 0 Å². The van der Waals surface area contributed by atoms with Gasteiger partial charge >= 0.3 is 0 Å². The molecule has 2 aromatic carbocycles. The molecule has 2 heterocycles. The topological polar surface area (TPSA) is 98.4 Å². The van der Waals surface area contributed by atoms with Crippen LogP contribution in [-0.4, -0.2) is 58.0 Å². The molecule has 36 heavy (non-hydrogen) atoms. The van der Waals surface area contributed by atoms with Crippen LogP contribution < -0.4 is 10.9 Å². The highest BCUT2D eigenvalue weighted by Crippen LogP contribution is 2.25. The second-order valence-corrected chi connectivity index (χ2v) is 9.16. The number of hydrogen-bond acceptors (Lipinski definition) is 5. The van der Waals surface area contributed by atoms with E-state index in [0.717, 1.165) is 25.7 Å². The SMILES string of the molecule is CCCC(CCC)C(=O)N1CCN(C(=O)c2cc(Nc3n[nH]c(=O)c4ccccc34)ccc2F)CC1. The van der Waals surface area contributed by atoms with Crippen molar-refractivity contribution in [3.63, 3.8) is 0 Å². The van der Waals surface area contributed by atoms with E-state index in [1.165, 1.54) is 18.2 Å². The van der Waals surface area contributed by atoms with Crippen LogP contribution in [0.5, 0.6) is 0 Å². The van der Waals surface area contributed by atoms with Crippen LogP contribution in [0.4, 0.5) is 15.9 Å². The molecule has 1 saturated heterocycles. The summed E-state index contributed by atoms with van der Waals surface area (Å²) in [6, 6.07) is 11.2. The Kier molecular flexibility index (Phi) is 7.97. The Bertz CT molecular complexity index is 1290. The van der Waals surface area contributed by atoms with E-state index >= 15 is 0 Å². The maximum Gasteiger partial charge on any atom is 0.272 e. The second kappa shape index (κ2) is 11.3. The Labute approximate surface area is 209 Å². The third-order valence-corrected chi connectivity index (χ3v) is 6.66. The number of benzene rings is 2. The maximum absolute atomic E-state index is 14.7. The number of rotatable bonds is 8. The minimum absolute atomic E-state index is 0.0278. The molecule has 1 aliphatic heterocycles. The van der Waals surface area contributed by atoms with E-state index in [9.17, 15) is 18.8 Å². The molecule has 3 aromatic rings. The van der Waals surface area contributed by atoms with Gasteiger partial charge in [0.1, 0.15) is 5.82 Å². The summed E-state index contributed by atoms with van der Waals surface area (Å²) in [5, 5.41) is 10.7. The van der Waals surface area contributed by atoms with Crippen LogP contribution in [-0.2, 0) is 4.79 Å². The molecule has 0 aliphatic carbocycles. The van der Waals surface area contributed by atoms with Gasteiger partial charge in [0.2, 0.25) is 5.91 Å². The van der Waals surface area contributed by atoms with Gasteiger partial charge in [-0.3, -0.25) is 14.4 Å². The molecular weight excluding hydrogens is 461 g/mol. The van der Waals surface area contributed by atoms with Gasteiger partial charge in [0.15, 0.2) is 5.82 Å². The van der Waals surface area contributed by atoms with Crippen LogP contribution in [0.15, 0.2) is 47.3 Å². The molecular formula is C27H32FN5O3. The molecule has 0 spiro atoms. The standard InChI is InChI=1S/C27H32FN5O3/c1-3-7-18(8-4-2)26(35)32-13-15-33(16-14-32)27(36)22-17-19(11-12-23(22)28)29-24-20-9-5-6-10-21(20)25(34)31-30-24/h5-6,9-12,17-18H,3-4,7-8,13-16H2,1-2H3,(H,29,30)(H,31,34). The summed E-state index contributed by atoms with van der Waals surface area (Å²) in [4.78, 5) is 41.6. The molecule has 0 bridgehead atoms. The summed E-state index contributed by atoms with van der Waals surface area (Å²) in [5.41, 5.74) is 0.114. The molecule has 9 heteroatoms. The van der Waals surface area contributed by atoms with Crippen LogP contribution in [0.25, 0.3) is 10.8 Å². The van der Waals surface area contributed by atoms with Crippen LogP contribution in [0.2, 0.25) is 0 Å². The quantitative estimate of drug-likeness (QED) is 0.487. The average molecular weight is 494 g/mol. The fraction of sp³-hybridized carbons (Fsp3) is 0.407. The van der Waals surface area contributed by atoms with Gasteiger partial charge in [0.25, 0.3) is 11.5 Å². The zero-order valence-corrected chi connectivity index (χ0v) is 20.7. The van der Waals surface area contributed by atoms with E-state index in [1.807, 2.05) is 4.90 Å². The fourth-order valence-electron chi connectivity index (χ4n) is 4.76. The largest absolute Gasteiger partial charge is 0.339 e. The lowest BCUT2D eigenvalue weighted by molar-refractivity contribution is -0.137. The summed E-state index contributed by atoms with van der Waals surface area (Å²) in [6.07, 6.45) is 3.66. The lowest BCUT2D eigenvalue weighted by Crippen LogP contribution is -2.52. The summed E-state index contributed by atoms with van der Waals surface area (Å²) < 4.78 is 14.7. The summed E-state index contributed by atoms with van der Waals surface area (Å²) >= 11 is 0. The van der Waals surface area contributed by atoms with Gasteiger partial charge < -0.3 is 15.1 Å². The predicted molar refractivity (Wildman–Crippen MR) is 138 cm³/mol. The van der Waals surface area contributed by atoms with Crippen molar-refractivity contribution in [1.29, 1.82) is 0 Å². The highest BCUT2D eigenvalue weighted by Gasteiger charge is 2.29. The molecule has 0 unspecified atom stereocenters. The van der Waals surface area contributed by atoms with Crippen molar-refractivity contribution in [2.45, 2.75) is 39.5 Å². The first-order valence-corrected chi connectivity index (χ1v) is 12.5. The van der Waals surface area contributed by atoms with Crippen molar-refractivity contribution in [1.82, 2.24) is 20.0 Å². The fourth-order valence-corrected chi connectivity index (χ4v) is 4.76. The number of halogens is 1. The monoisotopic (exact) mass is 493 g/mol. The molecule has 1 aromatic heterocycles. The van der Waals surface area contributed by atoms with E-state index in [1.54, 1.807) is 29.2 Å². The van der Waals surface area contributed by atoms with Crippen molar-refractivity contribution >= 4 is 34.1 Å². The number of nitrogens with one attached hydrogen (secondary N) is 2. The first-order chi connectivity index (χ1) is 17.4. The van der Waals surface area contributed by atoms with E-state index in [2.05, 4.69) is 29.4 Å².